The Bertz CT molecular complexity index is 828. The molecule has 0 aromatic heterocycles. The molecule has 0 N–H and O–H groups in total. The number of piperazine rings is 1. The first kappa shape index (κ1) is 21.3. The van der Waals surface area contributed by atoms with E-state index in [0.29, 0.717) is 38.5 Å². The second-order valence-electron chi connectivity index (χ2n) is 6.81. The predicted octanol–water partition coefficient (Wildman–Crippen LogP) is 0.797. The highest BCUT2D eigenvalue weighted by molar-refractivity contribution is 6.19. The molecule has 2 aliphatic heterocycles. The third-order valence-corrected chi connectivity index (χ3v) is 4.90. The highest BCUT2D eigenvalue weighted by atomic mass is 16.6. The Labute approximate surface area is 173 Å². The van der Waals surface area contributed by atoms with Crippen LogP contribution in [0.4, 0.5) is 10.5 Å². The van der Waals surface area contributed by atoms with Crippen LogP contribution in [0.15, 0.2) is 24.3 Å². The van der Waals surface area contributed by atoms with E-state index in [1.54, 1.807) is 6.92 Å². The van der Waals surface area contributed by atoms with Crippen molar-refractivity contribution in [2.75, 3.05) is 44.3 Å². The zero-order chi connectivity index (χ0) is 21.7. The van der Waals surface area contributed by atoms with E-state index in [4.69, 9.17) is 9.47 Å². The topological polar surface area (TPSA) is 114 Å². The van der Waals surface area contributed by atoms with Crippen LogP contribution in [-0.2, 0) is 23.9 Å². The molecule has 2 saturated heterocycles. The van der Waals surface area contributed by atoms with Crippen LogP contribution in [0.1, 0.15) is 30.1 Å². The molecular weight excluding hydrogens is 394 g/mol. The zero-order valence-corrected chi connectivity index (χ0v) is 16.7. The number of rotatable bonds is 5. The van der Waals surface area contributed by atoms with Crippen molar-refractivity contribution >= 4 is 35.5 Å². The zero-order valence-electron chi connectivity index (χ0n) is 16.7. The van der Waals surface area contributed by atoms with Gasteiger partial charge < -0.3 is 19.3 Å². The fraction of sp³-hybridized carbons (Fsp3) is 0.450. The summed E-state index contributed by atoms with van der Waals surface area (Å²) in [7, 11) is 0. The van der Waals surface area contributed by atoms with E-state index in [-0.39, 0.29) is 36.1 Å². The quantitative estimate of drug-likeness (QED) is 0.514. The average molecular weight is 417 g/mol. The number of anilines is 1. The van der Waals surface area contributed by atoms with Gasteiger partial charge in [0, 0.05) is 39.0 Å². The van der Waals surface area contributed by atoms with E-state index in [9.17, 15) is 24.0 Å². The molecule has 0 atom stereocenters. The van der Waals surface area contributed by atoms with Gasteiger partial charge in [-0.15, -0.1) is 0 Å². The number of imide groups is 1. The predicted molar refractivity (Wildman–Crippen MR) is 104 cm³/mol. The highest BCUT2D eigenvalue weighted by Crippen LogP contribution is 2.23. The van der Waals surface area contributed by atoms with E-state index in [1.165, 1.54) is 34.1 Å². The third-order valence-electron chi connectivity index (χ3n) is 4.90. The van der Waals surface area contributed by atoms with Gasteiger partial charge in [-0.2, -0.15) is 0 Å². The summed E-state index contributed by atoms with van der Waals surface area (Å²) in [5, 5.41) is 0. The Hall–Kier alpha value is -3.43. The normalized spacial score (nSPS) is 16.6. The van der Waals surface area contributed by atoms with Crippen LogP contribution >= 0.6 is 0 Å². The van der Waals surface area contributed by atoms with E-state index >= 15 is 0 Å². The minimum absolute atomic E-state index is 0.179. The molecule has 10 heteroatoms. The van der Waals surface area contributed by atoms with Crippen molar-refractivity contribution in [3.8, 4) is 0 Å². The molecule has 0 radical (unpaired) electrons. The summed E-state index contributed by atoms with van der Waals surface area (Å²) in [5.74, 6) is -1.58. The number of esters is 1. The SMILES string of the molecule is CCOC(=O)N1CCN(C(=O)COC(=O)c2ccc(N3C(=O)CCC3=O)cc2)CC1. The maximum Gasteiger partial charge on any atom is 0.409 e. The summed E-state index contributed by atoms with van der Waals surface area (Å²) in [4.78, 5) is 63.8. The number of nitrogens with zero attached hydrogens (tertiary/aromatic N) is 3. The molecule has 0 aliphatic carbocycles. The Balaban J connectivity index is 1.47. The number of hydrogen-bond donors (Lipinski definition) is 0. The molecular formula is C20H23N3O7. The number of hydrogen-bond acceptors (Lipinski definition) is 7. The van der Waals surface area contributed by atoms with Crippen LogP contribution in [0.2, 0.25) is 0 Å². The summed E-state index contributed by atoms with van der Waals surface area (Å²) in [6.45, 7) is 2.99. The molecule has 0 saturated carbocycles. The van der Waals surface area contributed by atoms with Crippen LogP contribution < -0.4 is 4.90 Å². The molecule has 0 spiro atoms. The van der Waals surface area contributed by atoms with Crippen LogP contribution in [0.3, 0.4) is 0 Å². The van der Waals surface area contributed by atoms with E-state index in [1.807, 2.05) is 0 Å². The lowest BCUT2D eigenvalue weighted by Crippen LogP contribution is -2.51. The Morgan fingerprint density at radius 1 is 0.867 bits per heavy atom. The molecule has 4 amide bonds. The van der Waals surface area contributed by atoms with Crippen molar-refractivity contribution in [1.82, 2.24) is 9.80 Å². The summed E-state index contributed by atoms with van der Waals surface area (Å²) in [6, 6.07) is 5.88. The molecule has 1 aromatic rings. The maximum atomic E-state index is 12.3. The van der Waals surface area contributed by atoms with Gasteiger partial charge in [0.05, 0.1) is 17.9 Å². The first-order valence-electron chi connectivity index (χ1n) is 9.73. The van der Waals surface area contributed by atoms with Crippen molar-refractivity contribution < 1.29 is 33.4 Å². The fourth-order valence-corrected chi connectivity index (χ4v) is 3.27. The van der Waals surface area contributed by atoms with Gasteiger partial charge in [0.1, 0.15) is 0 Å². The highest BCUT2D eigenvalue weighted by Gasteiger charge is 2.30. The molecule has 0 bridgehead atoms. The van der Waals surface area contributed by atoms with Gasteiger partial charge in [-0.05, 0) is 31.2 Å². The summed E-state index contributed by atoms with van der Waals surface area (Å²) in [6.07, 6.45) is -0.0470. The fourth-order valence-electron chi connectivity index (χ4n) is 3.27. The Morgan fingerprint density at radius 2 is 1.43 bits per heavy atom. The van der Waals surface area contributed by atoms with Gasteiger partial charge in [0.15, 0.2) is 6.61 Å². The van der Waals surface area contributed by atoms with Crippen molar-refractivity contribution in [3.63, 3.8) is 0 Å². The molecule has 30 heavy (non-hydrogen) atoms. The lowest BCUT2D eigenvalue weighted by Gasteiger charge is -2.33. The number of amides is 4. The molecule has 10 nitrogen and oxygen atoms in total. The molecule has 3 rings (SSSR count). The second kappa shape index (κ2) is 9.38. The molecule has 2 heterocycles. The number of carbonyl (C=O) groups is 5. The molecule has 2 aliphatic rings. The number of carbonyl (C=O) groups excluding carboxylic acids is 5. The van der Waals surface area contributed by atoms with Crippen molar-refractivity contribution in [3.05, 3.63) is 29.8 Å². The van der Waals surface area contributed by atoms with Gasteiger partial charge in [-0.1, -0.05) is 0 Å². The van der Waals surface area contributed by atoms with Gasteiger partial charge in [-0.3, -0.25) is 19.3 Å². The first-order valence-corrected chi connectivity index (χ1v) is 9.73. The van der Waals surface area contributed by atoms with Gasteiger partial charge in [0.2, 0.25) is 11.8 Å². The minimum Gasteiger partial charge on any atom is -0.452 e. The van der Waals surface area contributed by atoms with Gasteiger partial charge >= 0.3 is 12.1 Å². The number of benzene rings is 1. The lowest BCUT2D eigenvalue weighted by molar-refractivity contribution is -0.136. The maximum absolute atomic E-state index is 12.3. The summed E-state index contributed by atoms with van der Waals surface area (Å²) >= 11 is 0. The number of ether oxygens (including phenoxy) is 2. The van der Waals surface area contributed by atoms with Crippen molar-refractivity contribution in [2.24, 2.45) is 0 Å². The molecule has 2 fully saturated rings. The van der Waals surface area contributed by atoms with Gasteiger partial charge in [0.25, 0.3) is 5.91 Å². The van der Waals surface area contributed by atoms with Crippen LogP contribution in [0.5, 0.6) is 0 Å². The average Bonchev–Trinajstić information content (AvgIpc) is 3.10. The van der Waals surface area contributed by atoms with Crippen molar-refractivity contribution in [2.45, 2.75) is 19.8 Å². The summed E-state index contributed by atoms with van der Waals surface area (Å²) < 4.78 is 10.0. The summed E-state index contributed by atoms with van der Waals surface area (Å²) in [5.41, 5.74) is 0.604. The largest absolute Gasteiger partial charge is 0.452 e. The molecule has 160 valence electrons. The first-order chi connectivity index (χ1) is 14.4. The van der Waals surface area contributed by atoms with Crippen LogP contribution in [-0.4, -0.2) is 79.0 Å². The molecule has 1 aromatic carbocycles. The Morgan fingerprint density at radius 3 is 2.00 bits per heavy atom. The Kier molecular flexibility index (Phi) is 6.65. The van der Waals surface area contributed by atoms with E-state index < -0.39 is 18.7 Å². The smallest absolute Gasteiger partial charge is 0.409 e. The minimum atomic E-state index is -0.681. The van der Waals surface area contributed by atoms with Crippen molar-refractivity contribution in [1.29, 1.82) is 0 Å². The van der Waals surface area contributed by atoms with Crippen LogP contribution in [0, 0.1) is 0 Å². The standard InChI is InChI=1S/C20H23N3O7/c1-2-29-20(28)22-11-9-21(10-12-22)18(26)13-30-19(27)14-3-5-15(6-4-14)23-16(24)7-8-17(23)25/h3-6H,2,7-13H2,1H3. The lowest BCUT2D eigenvalue weighted by atomic mass is 10.2. The van der Waals surface area contributed by atoms with E-state index in [0.717, 1.165) is 4.90 Å². The third kappa shape index (κ3) is 4.76. The monoisotopic (exact) mass is 417 g/mol. The van der Waals surface area contributed by atoms with Crippen LogP contribution in [0.25, 0.3) is 0 Å². The molecule has 0 unspecified atom stereocenters. The second-order valence-corrected chi connectivity index (χ2v) is 6.81. The van der Waals surface area contributed by atoms with Gasteiger partial charge in [-0.25, -0.2) is 9.59 Å². The van der Waals surface area contributed by atoms with E-state index in [2.05, 4.69) is 0 Å².